The van der Waals surface area contributed by atoms with Crippen LogP contribution in [0.15, 0.2) is 150 Å². The standard InChI is InChI=1S/C37H25N5/c1-3-11-24(12-4-1)35-40-36(25-13-5-2-6-14-25)42-37(41-35)27-16-9-15-26(23-27)32-21-20-31-29-19-10-22-38-33(29)28-17-7-8-18-30(28)34(31)39-32/h1-23,35H,(H,40,41,42). The molecule has 1 N–H and O–H groups in total. The zero-order valence-corrected chi connectivity index (χ0v) is 22.6. The summed E-state index contributed by atoms with van der Waals surface area (Å²) in [7, 11) is 0. The van der Waals surface area contributed by atoms with Gasteiger partial charge >= 0.3 is 0 Å². The Hall–Kier alpha value is -5.68. The molecule has 0 aliphatic carbocycles. The molecule has 5 nitrogen and oxygen atoms in total. The van der Waals surface area contributed by atoms with Gasteiger partial charge in [0.15, 0.2) is 6.17 Å². The van der Waals surface area contributed by atoms with Crippen molar-refractivity contribution in [2.24, 2.45) is 9.98 Å². The lowest BCUT2D eigenvalue weighted by Crippen LogP contribution is -2.36. The summed E-state index contributed by atoms with van der Waals surface area (Å²) in [6.07, 6.45) is 1.51. The number of pyridine rings is 2. The number of aliphatic imine (C=N–C) groups is 2. The second kappa shape index (κ2) is 10.1. The van der Waals surface area contributed by atoms with Crippen LogP contribution < -0.4 is 5.32 Å². The zero-order chi connectivity index (χ0) is 27.9. The summed E-state index contributed by atoms with van der Waals surface area (Å²) in [6, 6.07) is 45.6. The van der Waals surface area contributed by atoms with Crippen LogP contribution >= 0.6 is 0 Å². The van der Waals surface area contributed by atoms with Crippen LogP contribution in [0, 0.1) is 0 Å². The first-order valence-corrected chi connectivity index (χ1v) is 14.0. The van der Waals surface area contributed by atoms with E-state index in [0.29, 0.717) is 0 Å². The van der Waals surface area contributed by atoms with Gasteiger partial charge in [-0.25, -0.2) is 15.0 Å². The molecule has 1 atom stereocenters. The van der Waals surface area contributed by atoms with Crippen LogP contribution in [-0.2, 0) is 0 Å². The molecule has 0 bridgehead atoms. The number of benzene rings is 5. The molecule has 198 valence electrons. The Morgan fingerprint density at radius 2 is 1.07 bits per heavy atom. The van der Waals surface area contributed by atoms with Gasteiger partial charge in [-0.3, -0.25) is 4.98 Å². The lowest BCUT2D eigenvalue weighted by atomic mass is 9.99. The zero-order valence-electron chi connectivity index (χ0n) is 22.6. The van der Waals surface area contributed by atoms with Crippen molar-refractivity contribution in [3.63, 3.8) is 0 Å². The van der Waals surface area contributed by atoms with Crippen molar-refractivity contribution in [1.29, 1.82) is 0 Å². The van der Waals surface area contributed by atoms with Gasteiger partial charge in [0.1, 0.15) is 11.7 Å². The molecular formula is C37H25N5. The number of aromatic nitrogens is 2. The maximum absolute atomic E-state index is 5.22. The normalized spacial score (nSPS) is 14.9. The summed E-state index contributed by atoms with van der Waals surface area (Å²) in [5.74, 6) is 1.58. The molecule has 0 saturated carbocycles. The van der Waals surface area contributed by atoms with Gasteiger partial charge in [0.05, 0.1) is 16.7 Å². The van der Waals surface area contributed by atoms with Crippen molar-refractivity contribution in [1.82, 2.24) is 15.3 Å². The summed E-state index contributed by atoms with van der Waals surface area (Å²) < 4.78 is 0. The third kappa shape index (κ3) is 4.19. The molecule has 2 aromatic heterocycles. The molecule has 1 aliphatic heterocycles. The van der Waals surface area contributed by atoms with Crippen molar-refractivity contribution in [3.8, 4) is 11.3 Å². The van der Waals surface area contributed by atoms with Crippen LogP contribution in [0.5, 0.6) is 0 Å². The van der Waals surface area contributed by atoms with E-state index in [1.165, 1.54) is 0 Å². The molecule has 0 saturated heterocycles. The average molecular weight is 540 g/mol. The second-order valence-electron chi connectivity index (χ2n) is 10.3. The van der Waals surface area contributed by atoms with E-state index in [1.54, 1.807) is 0 Å². The van der Waals surface area contributed by atoms with Gasteiger partial charge in [0.2, 0.25) is 0 Å². The number of rotatable bonds is 4. The largest absolute Gasteiger partial charge is 0.324 e. The van der Waals surface area contributed by atoms with E-state index < -0.39 is 0 Å². The summed E-state index contributed by atoms with van der Waals surface area (Å²) in [6.45, 7) is 0. The van der Waals surface area contributed by atoms with E-state index in [-0.39, 0.29) is 6.17 Å². The first-order chi connectivity index (χ1) is 20.8. The maximum Gasteiger partial charge on any atom is 0.169 e. The smallest absolute Gasteiger partial charge is 0.169 e. The van der Waals surface area contributed by atoms with Crippen molar-refractivity contribution >= 4 is 44.2 Å². The highest BCUT2D eigenvalue weighted by molar-refractivity contribution is 6.23. The monoisotopic (exact) mass is 539 g/mol. The molecule has 7 aromatic rings. The lowest BCUT2D eigenvalue weighted by molar-refractivity contribution is 0.756. The first-order valence-electron chi connectivity index (χ1n) is 14.0. The van der Waals surface area contributed by atoms with E-state index in [4.69, 9.17) is 20.0 Å². The summed E-state index contributed by atoms with van der Waals surface area (Å²) in [5, 5.41) is 7.93. The van der Waals surface area contributed by atoms with Crippen molar-refractivity contribution in [2.45, 2.75) is 6.17 Å². The fourth-order valence-corrected chi connectivity index (χ4v) is 5.72. The van der Waals surface area contributed by atoms with E-state index in [9.17, 15) is 0 Å². The van der Waals surface area contributed by atoms with Crippen LogP contribution in [0.3, 0.4) is 0 Å². The van der Waals surface area contributed by atoms with Crippen molar-refractivity contribution in [3.05, 3.63) is 156 Å². The third-order valence-corrected chi connectivity index (χ3v) is 7.75. The molecule has 3 heterocycles. The number of nitrogens with one attached hydrogen (secondary N) is 1. The first kappa shape index (κ1) is 24.1. The van der Waals surface area contributed by atoms with Gasteiger partial charge in [0.25, 0.3) is 0 Å². The predicted molar refractivity (Wildman–Crippen MR) is 172 cm³/mol. The Kier molecular flexibility index (Phi) is 5.78. The summed E-state index contributed by atoms with van der Waals surface area (Å²) >= 11 is 0. The van der Waals surface area contributed by atoms with Crippen LogP contribution in [0.1, 0.15) is 22.9 Å². The number of nitrogens with zero attached hydrogens (tertiary/aromatic N) is 4. The molecule has 0 fully saturated rings. The number of fused-ring (bicyclic) bond motifs is 6. The molecule has 5 aromatic carbocycles. The van der Waals surface area contributed by atoms with Gasteiger partial charge in [0, 0.05) is 44.4 Å². The van der Waals surface area contributed by atoms with Gasteiger partial charge in [-0.2, -0.15) is 0 Å². The van der Waals surface area contributed by atoms with E-state index >= 15 is 0 Å². The van der Waals surface area contributed by atoms with Crippen LogP contribution in [-0.4, -0.2) is 21.6 Å². The maximum atomic E-state index is 5.22. The highest BCUT2D eigenvalue weighted by Gasteiger charge is 2.21. The van der Waals surface area contributed by atoms with E-state index in [2.05, 4.69) is 96.3 Å². The molecule has 5 heteroatoms. The molecule has 8 rings (SSSR count). The third-order valence-electron chi connectivity index (χ3n) is 7.75. The average Bonchev–Trinajstić information content (AvgIpc) is 3.09. The van der Waals surface area contributed by atoms with Crippen LogP contribution in [0.25, 0.3) is 43.8 Å². The van der Waals surface area contributed by atoms with E-state index in [0.717, 1.165) is 72.2 Å². The van der Waals surface area contributed by atoms with Gasteiger partial charge in [-0.1, -0.05) is 109 Å². The Balaban J connectivity index is 1.24. The fraction of sp³-hybridized carbons (Fsp3) is 0.0270. The molecule has 0 amide bonds. The second-order valence-corrected chi connectivity index (χ2v) is 10.3. The minimum atomic E-state index is -0.339. The highest BCUT2D eigenvalue weighted by atomic mass is 15.2. The van der Waals surface area contributed by atoms with Gasteiger partial charge < -0.3 is 5.32 Å². The Labute approximate surface area is 243 Å². The number of amidine groups is 2. The van der Waals surface area contributed by atoms with Crippen LogP contribution in [0.2, 0.25) is 0 Å². The molecule has 1 aliphatic rings. The molecule has 0 radical (unpaired) electrons. The molecular weight excluding hydrogens is 514 g/mol. The minimum Gasteiger partial charge on any atom is -0.324 e. The quantitative estimate of drug-likeness (QED) is 0.230. The number of hydrogen-bond donors (Lipinski definition) is 1. The molecule has 0 spiro atoms. The highest BCUT2D eigenvalue weighted by Crippen LogP contribution is 2.34. The van der Waals surface area contributed by atoms with Crippen molar-refractivity contribution in [2.75, 3.05) is 0 Å². The molecule has 42 heavy (non-hydrogen) atoms. The summed E-state index contributed by atoms with van der Waals surface area (Å²) in [5.41, 5.74) is 6.95. The van der Waals surface area contributed by atoms with Gasteiger partial charge in [-0.15, -0.1) is 0 Å². The Bertz CT molecular complexity index is 2130. The van der Waals surface area contributed by atoms with E-state index in [1.807, 2.05) is 48.7 Å². The SMILES string of the molecule is c1ccc(C2=NC(c3ccccc3)N=C(c3cccc(-c4ccc5c6cccnc6c6ccccc6c5n4)c3)N2)cc1. The fourth-order valence-electron chi connectivity index (χ4n) is 5.72. The lowest BCUT2D eigenvalue weighted by Gasteiger charge is -2.22. The minimum absolute atomic E-state index is 0.339. The van der Waals surface area contributed by atoms with Crippen LogP contribution in [0.4, 0.5) is 0 Å². The topological polar surface area (TPSA) is 62.5 Å². The van der Waals surface area contributed by atoms with Crippen molar-refractivity contribution < 1.29 is 0 Å². The predicted octanol–water partition coefficient (Wildman–Crippen LogP) is 8.10. The van der Waals surface area contributed by atoms with Gasteiger partial charge in [-0.05, 0) is 29.8 Å². The Morgan fingerprint density at radius 1 is 0.476 bits per heavy atom. The summed E-state index contributed by atoms with van der Waals surface area (Å²) in [4.78, 5) is 19.9. The number of hydrogen-bond acceptors (Lipinski definition) is 5. The Morgan fingerprint density at radius 3 is 1.86 bits per heavy atom. The molecule has 1 unspecified atom stereocenters.